The summed E-state index contributed by atoms with van der Waals surface area (Å²) in [6, 6.07) is 5.63. The highest BCUT2D eigenvalue weighted by molar-refractivity contribution is 7.99. The van der Waals surface area contributed by atoms with E-state index in [1.54, 1.807) is 0 Å². The highest BCUT2D eigenvalue weighted by Gasteiger charge is 2.07. The molecule has 2 aromatic rings. The molecule has 16 heavy (non-hydrogen) atoms. The van der Waals surface area contributed by atoms with Crippen molar-refractivity contribution in [2.24, 2.45) is 5.73 Å². The molecule has 0 bridgehead atoms. The predicted molar refractivity (Wildman–Crippen MR) is 64.6 cm³/mol. The van der Waals surface area contributed by atoms with Crippen LogP contribution in [0, 0.1) is 6.92 Å². The number of H-pyrrole nitrogens is 1. The minimum Gasteiger partial charge on any atom is -0.326 e. The minimum atomic E-state index is 0.475. The number of aromatic nitrogens is 3. The summed E-state index contributed by atoms with van der Waals surface area (Å²) in [7, 11) is 0. The summed E-state index contributed by atoms with van der Waals surface area (Å²) in [6.07, 6.45) is 0. The minimum absolute atomic E-state index is 0.475. The van der Waals surface area contributed by atoms with Gasteiger partial charge in [0.2, 0.25) is 5.16 Å². The Bertz CT molecular complexity index is 497. The first-order valence-electron chi connectivity index (χ1n) is 4.74. The molecular formula is C10H11ClN4S. The maximum Gasteiger partial charge on any atom is 0.213 e. The molecule has 0 aliphatic carbocycles. The van der Waals surface area contributed by atoms with Gasteiger partial charge in [0.25, 0.3) is 0 Å². The van der Waals surface area contributed by atoms with E-state index in [0.29, 0.717) is 16.7 Å². The van der Waals surface area contributed by atoms with Crippen LogP contribution in [0.1, 0.15) is 11.4 Å². The second-order valence-corrected chi connectivity index (χ2v) is 4.71. The number of nitrogens with two attached hydrogens (primary N) is 1. The van der Waals surface area contributed by atoms with Crippen LogP contribution >= 0.6 is 23.4 Å². The van der Waals surface area contributed by atoms with E-state index in [0.717, 1.165) is 16.3 Å². The van der Waals surface area contributed by atoms with Crippen LogP contribution in [0.5, 0.6) is 0 Å². The van der Waals surface area contributed by atoms with E-state index in [4.69, 9.17) is 17.3 Å². The lowest BCUT2D eigenvalue weighted by Crippen LogP contribution is -1.98. The first-order chi connectivity index (χ1) is 7.69. The summed E-state index contributed by atoms with van der Waals surface area (Å²) in [4.78, 5) is 5.22. The summed E-state index contributed by atoms with van der Waals surface area (Å²) in [5.74, 6) is 0.791. The number of aryl methyl sites for hydroxylation is 1. The number of hydrogen-bond donors (Lipinski definition) is 2. The molecule has 0 fully saturated rings. The zero-order valence-corrected chi connectivity index (χ0v) is 10.3. The lowest BCUT2D eigenvalue weighted by Gasteiger charge is -2.05. The molecule has 0 spiro atoms. The van der Waals surface area contributed by atoms with Crippen molar-refractivity contribution in [3.05, 3.63) is 34.6 Å². The number of aromatic amines is 1. The maximum absolute atomic E-state index is 5.94. The molecule has 4 nitrogen and oxygen atoms in total. The van der Waals surface area contributed by atoms with E-state index < -0.39 is 0 Å². The molecule has 1 aromatic carbocycles. The molecule has 0 aliphatic heterocycles. The molecule has 84 valence electrons. The third kappa shape index (κ3) is 2.55. The molecular weight excluding hydrogens is 244 g/mol. The van der Waals surface area contributed by atoms with Gasteiger partial charge in [-0.2, -0.15) is 0 Å². The highest BCUT2D eigenvalue weighted by Crippen LogP contribution is 2.30. The number of nitrogens with one attached hydrogen (secondary N) is 1. The number of benzene rings is 1. The summed E-state index contributed by atoms with van der Waals surface area (Å²) in [5, 5.41) is 8.22. The quantitative estimate of drug-likeness (QED) is 0.883. The van der Waals surface area contributed by atoms with Crippen LogP contribution in [0.25, 0.3) is 0 Å². The zero-order chi connectivity index (χ0) is 11.5. The average Bonchev–Trinajstić information content (AvgIpc) is 2.64. The Hall–Kier alpha value is -1.04. The smallest absolute Gasteiger partial charge is 0.213 e. The lowest BCUT2D eigenvalue weighted by atomic mass is 10.2. The fourth-order valence-electron chi connectivity index (χ4n) is 1.26. The molecule has 0 saturated carbocycles. The first kappa shape index (κ1) is 11.4. The molecule has 0 aliphatic rings. The van der Waals surface area contributed by atoms with Crippen molar-refractivity contribution < 1.29 is 0 Å². The molecule has 0 unspecified atom stereocenters. The van der Waals surface area contributed by atoms with Gasteiger partial charge in [-0.05, 0) is 36.4 Å². The number of nitrogens with zero attached hydrogens (tertiary/aromatic N) is 2. The molecule has 1 aromatic heterocycles. The van der Waals surface area contributed by atoms with Gasteiger partial charge in [-0.3, -0.25) is 5.10 Å². The van der Waals surface area contributed by atoms with Crippen molar-refractivity contribution in [2.45, 2.75) is 23.5 Å². The van der Waals surface area contributed by atoms with Gasteiger partial charge in [-0.25, -0.2) is 4.98 Å². The maximum atomic E-state index is 5.94. The largest absolute Gasteiger partial charge is 0.326 e. The fourth-order valence-corrected chi connectivity index (χ4v) is 2.43. The van der Waals surface area contributed by atoms with Gasteiger partial charge in [0.15, 0.2) is 0 Å². The van der Waals surface area contributed by atoms with Crippen molar-refractivity contribution in [1.82, 2.24) is 15.2 Å². The second kappa shape index (κ2) is 4.86. The van der Waals surface area contributed by atoms with Crippen LogP contribution in [0.3, 0.4) is 0 Å². The Balaban J connectivity index is 2.29. The van der Waals surface area contributed by atoms with Gasteiger partial charge >= 0.3 is 0 Å². The van der Waals surface area contributed by atoms with E-state index in [2.05, 4.69) is 15.2 Å². The van der Waals surface area contributed by atoms with Gasteiger partial charge in [-0.15, -0.1) is 5.10 Å². The summed E-state index contributed by atoms with van der Waals surface area (Å²) in [6.45, 7) is 2.34. The van der Waals surface area contributed by atoms with E-state index in [-0.39, 0.29) is 0 Å². The van der Waals surface area contributed by atoms with Crippen molar-refractivity contribution in [1.29, 1.82) is 0 Å². The van der Waals surface area contributed by atoms with Crippen LogP contribution in [0.4, 0.5) is 0 Å². The molecule has 0 saturated heterocycles. The van der Waals surface area contributed by atoms with Gasteiger partial charge in [0.05, 0.1) is 0 Å². The fraction of sp³-hybridized carbons (Fsp3) is 0.200. The number of hydrogen-bond acceptors (Lipinski definition) is 4. The Labute approximate surface area is 103 Å². The average molecular weight is 255 g/mol. The van der Waals surface area contributed by atoms with Crippen molar-refractivity contribution in [2.75, 3.05) is 0 Å². The topological polar surface area (TPSA) is 67.6 Å². The first-order valence-corrected chi connectivity index (χ1v) is 5.94. The van der Waals surface area contributed by atoms with Crippen molar-refractivity contribution in [3.63, 3.8) is 0 Å². The zero-order valence-electron chi connectivity index (χ0n) is 8.70. The van der Waals surface area contributed by atoms with Gasteiger partial charge < -0.3 is 5.73 Å². The lowest BCUT2D eigenvalue weighted by molar-refractivity contribution is 0.964. The second-order valence-electron chi connectivity index (χ2n) is 3.26. The Morgan fingerprint density at radius 2 is 2.31 bits per heavy atom. The third-order valence-corrected chi connectivity index (χ3v) is 3.23. The number of halogens is 1. The van der Waals surface area contributed by atoms with Crippen LogP contribution in [0.15, 0.2) is 28.3 Å². The number of rotatable bonds is 3. The molecule has 0 amide bonds. The van der Waals surface area contributed by atoms with Gasteiger partial charge in [0, 0.05) is 16.5 Å². The molecule has 6 heteroatoms. The highest BCUT2D eigenvalue weighted by atomic mass is 35.5. The Kier molecular flexibility index (Phi) is 3.48. The van der Waals surface area contributed by atoms with E-state index >= 15 is 0 Å². The standard InChI is InChI=1S/C10H11ClN4S/c1-6-13-10(15-14-6)16-9-4-8(11)3-2-7(9)5-12/h2-4H,5,12H2,1H3,(H,13,14,15). The molecule has 3 N–H and O–H groups in total. The van der Waals surface area contributed by atoms with Crippen LogP contribution in [-0.4, -0.2) is 15.2 Å². The van der Waals surface area contributed by atoms with Crippen LogP contribution < -0.4 is 5.73 Å². The van der Waals surface area contributed by atoms with Crippen molar-refractivity contribution in [3.8, 4) is 0 Å². The van der Waals surface area contributed by atoms with E-state index in [9.17, 15) is 0 Å². The molecule has 0 radical (unpaired) electrons. The Morgan fingerprint density at radius 3 is 2.94 bits per heavy atom. The monoisotopic (exact) mass is 254 g/mol. The molecule has 2 rings (SSSR count). The van der Waals surface area contributed by atoms with E-state index in [1.807, 2.05) is 25.1 Å². The predicted octanol–water partition coefficient (Wildman–Crippen LogP) is 2.38. The summed E-state index contributed by atoms with van der Waals surface area (Å²) >= 11 is 7.40. The summed E-state index contributed by atoms with van der Waals surface area (Å²) in [5.41, 5.74) is 6.69. The Morgan fingerprint density at radius 1 is 1.50 bits per heavy atom. The van der Waals surface area contributed by atoms with Gasteiger partial charge in [-0.1, -0.05) is 17.7 Å². The van der Waals surface area contributed by atoms with Crippen molar-refractivity contribution >= 4 is 23.4 Å². The summed E-state index contributed by atoms with van der Waals surface area (Å²) < 4.78 is 0. The van der Waals surface area contributed by atoms with Crippen LogP contribution in [0.2, 0.25) is 5.02 Å². The van der Waals surface area contributed by atoms with E-state index in [1.165, 1.54) is 11.8 Å². The molecule has 1 heterocycles. The third-order valence-electron chi connectivity index (χ3n) is 2.03. The van der Waals surface area contributed by atoms with Gasteiger partial charge in [0.1, 0.15) is 5.82 Å². The SMILES string of the molecule is Cc1nc(Sc2cc(Cl)ccc2CN)n[nH]1. The normalized spacial score (nSPS) is 10.7. The molecule has 0 atom stereocenters. The van der Waals surface area contributed by atoms with Crippen LogP contribution in [-0.2, 0) is 6.54 Å².